The average molecular weight is 351 g/mol. The number of likely N-dealkylation sites (N-methyl/N-ethyl adjacent to an activating group) is 1. The molecule has 2 aromatic heterocycles. The summed E-state index contributed by atoms with van der Waals surface area (Å²) in [7, 11) is 1.82. The molecule has 0 saturated carbocycles. The maximum absolute atomic E-state index is 4.33. The predicted octanol–water partition coefficient (Wildman–Crippen LogP) is 3.56. The number of thiophene rings is 2. The van der Waals surface area contributed by atoms with Crippen LogP contribution in [0.2, 0.25) is 0 Å². The van der Waals surface area contributed by atoms with Crippen LogP contribution in [0, 0.1) is 0 Å². The van der Waals surface area contributed by atoms with Gasteiger partial charge in [0.2, 0.25) is 0 Å². The summed E-state index contributed by atoms with van der Waals surface area (Å²) in [5.74, 6) is 0.851. The molecule has 2 aromatic rings. The summed E-state index contributed by atoms with van der Waals surface area (Å²) in [5, 5.41) is 15.5. The first-order chi connectivity index (χ1) is 11.3. The molecule has 2 heterocycles. The van der Waals surface area contributed by atoms with Crippen LogP contribution in [0.25, 0.3) is 0 Å². The fourth-order valence-electron chi connectivity index (χ4n) is 2.58. The molecule has 0 saturated heterocycles. The van der Waals surface area contributed by atoms with Crippen molar-refractivity contribution in [1.29, 1.82) is 0 Å². The molecule has 4 nitrogen and oxygen atoms in total. The van der Waals surface area contributed by atoms with Crippen LogP contribution < -0.4 is 10.6 Å². The van der Waals surface area contributed by atoms with Crippen molar-refractivity contribution in [1.82, 2.24) is 15.5 Å². The SMILES string of the molecule is CCN(CC)C(CNC(=NC)NCc1ccsc1)c1ccsc1. The van der Waals surface area contributed by atoms with Gasteiger partial charge in [-0.25, -0.2) is 0 Å². The second-order valence-electron chi connectivity index (χ2n) is 5.23. The third-order valence-electron chi connectivity index (χ3n) is 3.91. The Kier molecular flexibility index (Phi) is 7.58. The number of nitrogens with one attached hydrogen (secondary N) is 2. The summed E-state index contributed by atoms with van der Waals surface area (Å²) in [6.45, 7) is 8.16. The largest absolute Gasteiger partial charge is 0.354 e. The lowest BCUT2D eigenvalue weighted by atomic mass is 10.1. The smallest absolute Gasteiger partial charge is 0.191 e. The maximum atomic E-state index is 4.33. The minimum absolute atomic E-state index is 0.371. The molecule has 0 fully saturated rings. The molecule has 126 valence electrons. The standard InChI is InChI=1S/C17H26N4S2/c1-4-21(5-2)16(15-7-9-23-13-15)11-20-17(18-3)19-10-14-6-8-22-12-14/h6-9,12-13,16H,4-5,10-11H2,1-3H3,(H2,18,19,20). The quantitative estimate of drug-likeness (QED) is 0.565. The Balaban J connectivity index is 1.93. The molecule has 0 aliphatic carbocycles. The Morgan fingerprint density at radius 3 is 2.43 bits per heavy atom. The highest BCUT2D eigenvalue weighted by molar-refractivity contribution is 7.08. The Hall–Kier alpha value is -1.37. The highest BCUT2D eigenvalue weighted by Gasteiger charge is 2.18. The summed E-state index contributed by atoms with van der Waals surface area (Å²) in [5.41, 5.74) is 2.66. The van der Waals surface area contributed by atoms with Gasteiger partial charge in [0.15, 0.2) is 5.96 Å². The predicted molar refractivity (Wildman–Crippen MR) is 103 cm³/mol. The molecule has 23 heavy (non-hydrogen) atoms. The lowest BCUT2D eigenvalue weighted by Gasteiger charge is -2.30. The highest BCUT2D eigenvalue weighted by atomic mass is 32.1. The molecule has 1 unspecified atom stereocenters. The summed E-state index contributed by atoms with van der Waals surface area (Å²) in [4.78, 5) is 6.81. The van der Waals surface area contributed by atoms with Crippen LogP contribution in [-0.4, -0.2) is 37.5 Å². The molecule has 0 amide bonds. The number of rotatable bonds is 8. The Morgan fingerprint density at radius 2 is 1.87 bits per heavy atom. The van der Waals surface area contributed by atoms with Gasteiger partial charge in [-0.1, -0.05) is 13.8 Å². The molecule has 0 aliphatic rings. The van der Waals surface area contributed by atoms with Crippen LogP contribution in [0.5, 0.6) is 0 Å². The second-order valence-corrected chi connectivity index (χ2v) is 6.79. The summed E-state index contributed by atoms with van der Waals surface area (Å²) in [6.07, 6.45) is 0. The third kappa shape index (κ3) is 5.34. The number of nitrogens with zero attached hydrogens (tertiary/aromatic N) is 2. The zero-order valence-corrected chi connectivity index (χ0v) is 15.7. The highest BCUT2D eigenvalue weighted by Crippen LogP contribution is 2.22. The first-order valence-electron chi connectivity index (χ1n) is 8.00. The van der Waals surface area contributed by atoms with Crippen molar-refractivity contribution in [2.45, 2.75) is 26.4 Å². The van der Waals surface area contributed by atoms with Crippen molar-refractivity contribution in [2.24, 2.45) is 4.99 Å². The van der Waals surface area contributed by atoms with Crippen molar-refractivity contribution >= 4 is 28.6 Å². The molecule has 0 aromatic carbocycles. The summed E-state index contributed by atoms with van der Waals surface area (Å²) < 4.78 is 0. The number of hydrogen-bond donors (Lipinski definition) is 2. The Bertz CT molecular complexity index is 559. The van der Waals surface area contributed by atoms with Gasteiger partial charge < -0.3 is 10.6 Å². The van der Waals surface area contributed by atoms with Gasteiger partial charge in [0.05, 0.1) is 6.04 Å². The van der Waals surface area contributed by atoms with E-state index in [2.05, 4.69) is 68.0 Å². The number of aliphatic imine (C=N–C) groups is 1. The van der Waals surface area contributed by atoms with E-state index in [9.17, 15) is 0 Å². The molecule has 1 atom stereocenters. The minimum Gasteiger partial charge on any atom is -0.354 e. The summed E-state index contributed by atoms with van der Waals surface area (Å²) in [6, 6.07) is 4.72. The maximum Gasteiger partial charge on any atom is 0.191 e. The first-order valence-corrected chi connectivity index (χ1v) is 9.88. The molecule has 0 radical (unpaired) electrons. The van der Waals surface area contributed by atoms with Crippen molar-refractivity contribution < 1.29 is 0 Å². The molecule has 2 N–H and O–H groups in total. The molecular weight excluding hydrogens is 324 g/mol. The van der Waals surface area contributed by atoms with Gasteiger partial charge in [-0.2, -0.15) is 22.7 Å². The normalized spacial score (nSPS) is 13.3. The second kappa shape index (κ2) is 9.70. The van der Waals surface area contributed by atoms with Gasteiger partial charge >= 0.3 is 0 Å². The van der Waals surface area contributed by atoms with Crippen LogP contribution in [0.1, 0.15) is 31.0 Å². The van der Waals surface area contributed by atoms with Gasteiger partial charge in [-0.15, -0.1) is 0 Å². The first kappa shape index (κ1) is 18.0. The van der Waals surface area contributed by atoms with E-state index < -0.39 is 0 Å². The van der Waals surface area contributed by atoms with Gasteiger partial charge in [0.1, 0.15) is 0 Å². The van der Waals surface area contributed by atoms with Crippen LogP contribution in [-0.2, 0) is 6.54 Å². The fourth-order valence-corrected chi connectivity index (χ4v) is 3.96. The van der Waals surface area contributed by atoms with E-state index in [1.54, 1.807) is 22.7 Å². The third-order valence-corrected chi connectivity index (χ3v) is 5.34. The Morgan fingerprint density at radius 1 is 1.13 bits per heavy atom. The molecular formula is C17H26N4S2. The van der Waals surface area contributed by atoms with E-state index in [0.29, 0.717) is 6.04 Å². The van der Waals surface area contributed by atoms with E-state index >= 15 is 0 Å². The van der Waals surface area contributed by atoms with E-state index in [-0.39, 0.29) is 0 Å². The minimum atomic E-state index is 0.371. The zero-order chi connectivity index (χ0) is 16.5. The summed E-state index contributed by atoms with van der Waals surface area (Å²) >= 11 is 3.48. The topological polar surface area (TPSA) is 39.7 Å². The van der Waals surface area contributed by atoms with E-state index in [0.717, 1.165) is 32.1 Å². The van der Waals surface area contributed by atoms with E-state index in [1.807, 2.05) is 7.05 Å². The van der Waals surface area contributed by atoms with Crippen molar-refractivity contribution in [3.05, 3.63) is 44.8 Å². The molecule has 6 heteroatoms. The van der Waals surface area contributed by atoms with Gasteiger partial charge in [-0.3, -0.25) is 9.89 Å². The van der Waals surface area contributed by atoms with Crippen LogP contribution in [0.3, 0.4) is 0 Å². The molecule has 0 bridgehead atoms. The lowest BCUT2D eigenvalue weighted by molar-refractivity contribution is 0.219. The molecule has 0 aliphatic heterocycles. The van der Waals surface area contributed by atoms with Gasteiger partial charge in [0.25, 0.3) is 0 Å². The molecule has 2 rings (SSSR count). The van der Waals surface area contributed by atoms with Gasteiger partial charge in [-0.05, 0) is 57.9 Å². The average Bonchev–Trinajstić information content (AvgIpc) is 3.27. The van der Waals surface area contributed by atoms with Crippen molar-refractivity contribution in [3.8, 4) is 0 Å². The van der Waals surface area contributed by atoms with Crippen LogP contribution in [0.4, 0.5) is 0 Å². The monoisotopic (exact) mass is 350 g/mol. The number of hydrogen-bond acceptors (Lipinski definition) is 4. The zero-order valence-electron chi connectivity index (χ0n) is 14.1. The molecule has 0 spiro atoms. The van der Waals surface area contributed by atoms with Crippen molar-refractivity contribution in [2.75, 3.05) is 26.7 Å². The van der Waals surface area contributed by atoms with E-state index in [4.69, 9.17) is 0 Å². The Labute approximate surface area is 147 Å². The lowest BCUT2D eigenvalue weighted by Crippen LogP contribution is -2.42. The van der Waals surface area contributed by atoms with Crippen LogP contribution >= 0.6 is 22.7 Å². The van der Waals surface area contributed by atoms with E-state index in [1.165, 1.54) is 11.1 Å². The number of guanidine groups is 1. The van der Waals surface area contributed by atoms with Gasteiger partial charge in [0, 0.05) is 20.1 Å². The van der Waals surface area contributed by atoms with Crippen molar-refractivity contribution in [3.63, 3.8) is 0 Å². The fraction of sp³-hybridized carbons (Fsp3) is 0.471. The van der Waals surface area contributed by atoms with Crippen LogP contribution in [0.15, 0.2) is 38.6 Å².